The van der Waals surface area contributed by atoms with Crippen molar-refractivity contribution >= 4 is 5.97 Å². The van der Waals surface area contributed by atoms with Gasteiger partial charge in [-0.1, -0.05) is 0 Å². The Kier molecular flexibility index (Phi) is 7.34. The molecule has 0 bridgehead atoms. The van der Waals surface area contributed by atoms with E-state index in [2.05, 4.69) is 0 Å². The van der Waals surface area contributed by atoms with E-state index in [1.807, 2.05) is 13.8 Å². The molecule has 1 aliphatic rings. The van der Waals surface area contributed by atoms with Crippen molar-refractivity contribution in [2.75, 3.05) is 33.5 Å². The van der Waals surface area contributed by atoms with Crippen molar-refractivity contribution in [3.8, 4) is 11.5 Å². The molecule has 6 heteroatoms. The van der Waals surface area contributed by atoms with Crippen LogP contribution < -0.4 is 9.47 Å². The minimum atomic E-state index is -0.387. The standard InChI is InChI=1S/C18H26O6/c1-4-21-11-13-9-17(23-5-2)16(20-3)10-15(13)18(19)24-14-7-6-8-22-12-14/h9-10,14H,4-8,11-12H2,1-3H3. The van der Waals surface area contributed by atoms with Gasteiger partial charge in [0.25, 0.3) is 0 Å². The van der Waals surface area contributed by atoms with Crippen LogP contribution in [-0.2, 0) is 20.8 Å². The van der Waals surface area contributed by atoms with Crippen LogP contribution in [0.2, 0.25) is 0 Å². The molecule has 1 atom stereocenters. The molecule has 2 rings (SSSR count). The van der Waals surface area contributed by atoms with Crippen LogP contribution in [0.5, 0.6) is 11.5 Å². The van der Waals surface area contributed by atoms with Gasteiger partial charge in [-0.15, -0.1) is 0 Å². The topological polar surface area (TPSA) is 63.2 Å². The highest BCUT2D eigenvalue weighted by Gasteiger charge is 2.23. The van der Waals surface area contributed by atoms with E-state index in [0.717, 1.165) is 25.0 Å². The highest BCUT2D eigenvalue weighted by Crippen LogP contribution is 2.32. The molecule has 1 heterocycles. The van der Waals surface area contributed by atoms with E-state index in [1.165, 1.54) is 0 Å². The average molecular weight is 338 g/mol. The van der Waals surface area contributed by atoms with Gasteiger partial charge >= 0.3 is 5.97 Å². The molecule has 0 amide bonds. The van der Waals surface area contributed by atoms with Gasteiger partial charge in [0.2, 0.25) is 0 Å². The maximum absolute atomic E-state index is 12.6. The van der Waals surface area contributed by atoms with Crippen LogP contribution in [0.25, 0.3) is 0 Å². The van der Waals surface area contributed by atoms with Crippen molar-refractivity contribution in [2.24, 2.45) is 0 Å². The quantitative estimate of drug-likeness (QED) is 0.679. The highest BCUT2D eigenvalue weighted by atomic mass is 16.6. The van der Waals surface area contributed by atoms with E-state index >= 15 is 0 Å². The summed E-state index contributed by atoms with van der Waals surface area (Å²) in [6.07, 6.45) is 1.51. The fourth-order valence-corrected chi connectivity index (χ4v) is 2.57. The van der Waals surface area contributed by atoms with E-state index in [9.17, 15) is 4.79 Å². The van der Waals surface area contributed by atoms with Gasteiger partial charge in [0, 0.05) is 13.2 Å². The Labute approximate surface area is 143 Å². The fraction of sp³-hybridized carbons (Fsp3) is 0.611. The summed E-state index contributed by atoms with van der Waals surface area (Å²) < 4.78 is 27.3. The second-order valence-corrected chi connectivity index (χ2v) is 5.47. The molecular weight excluding hydrogens is 312 g/mol. The molecular formula is C18H26O6. The molecule has 1 fully saturated rings. The number of ether oxygens (including phenoxy) is 5. The van der Waals surface area contributed by atoms with Gasteiger partial charge in [-0.3, -0.25) is 0 Å². The molecule has 1 unspecified atom stereocenters. The van der Waals surface area contributed by atoms with Crippen LogP contribution in [0.1, 0.15) is 42.6 Å². The lowest BCUT2D eigenvalue weighted by molar-refractivity contribution is -0.0308. The number of carbonyl (C=O) groups excluding carboxylic acids is 1. The van der Waals surface area contributed by atoms with E-state index in [0.29, 0.717) is 43.5 Å². The molecule has 0 aromatic heterocycles. The molecule has 0 N–H and O–H groups in total. The lowest BCUT2D eigenvalue weighted by Crippen LogP contribution is -2.28. The van der Waals surface area contributed by atoms with Crippen molar-refractivity contribution in [3.05, 3.63) is 23.3 Å². The summed E-state index contributed by atoms with van der Waals surface area (Å²) in [6.45, 7) is 6.35. The van der Waals surface area contributed by atoms with Crippen LogP contribution in [0, 0.1) is 0 Å². The number of esters is 1. The summed E-state index contributed by atoms with van der Waals surface area (Å²) in [4.78, 5) is 12.6. The zero-order valence-electron chi connectivity index (χ0n) is 14.6. The highest BCUT2D eigenvalue weighted by molar-refractivity contribution is 5.92. The lowest BCUT2D eigenvalue weighted by Gasteiger charge is -2.23. The van der Waals surface area contributed by atoms with Crippen molar-refractivity contribution in [2.45, 2.75) is 39.4 Å². The minimum Gasteiger partial charge on any atom is -0.493 e. The second kappa shape index (κ2) is 9.49. The first kappa shape index (κ1) is 18.5. The average Bonchev–Trinajstić information content (AvgIpc) is 2.61. The molecule has 1 aliphatic heterocycles. The summed E-state index contributed by atoms with van der Waals surface area (Å²) in [5, 5.41) is 0. The molecule has 0 radical (unpaired) electrons. The molecule has 1 aromatic rings. The van der Waals surface area contributed by atoms with Crippen LogP contribution >= 0.6 is 0 Å². The van der Waals surface area contributed by atoms with Gasteiger partial charge in [0.1, 0.15) is 6.10 Å². The normalized spacial score (nSPS) is 17.4. The molecule has 0 saturated carbocycles. The first-order valence-electron chi connectivity index (χ1n) is 8.39. The van der Waals surface area contributed by atoms with Crippen molar-refractivity contribution < 1.29 is 28.5 Å². The van der Waals surface area contributed by atoms with Crippen molar-refractivity contribution in [1.29, 1.82) is 0 Å². The Morgan fingerprint density at radius 1 is 1.25 bits per heavy atom. The summed E-state index contributed by atoms with van der Waals surface area (Å²) in [5.41, 5.74) is 1.16. The van der Waals surface area contributed by atoms with Gasteiger partial charge in [-0.2, -0.15) is 0 Å². The third-order valence-corrected chi connectivity index (χ3v) is 3.76. The number of hydrogen-bond donors (Lipinski definition) is 0. The second-order valence-electron chi connectivity index (χ2n) is 5.47. The molecule has 1 aromatic carbocycles. The van der Waals surface area contributed by atoms with Gasteiger partial charge in [0.15, 0.2) is 11.5 Å². The Morgan fingerprint density at radius 3 is 2.71 bits per heavy atom. The number of carbonyl (C=O) groups is 1. The lowest BCUT2D eigenvalue weighted by atomic mass is 10.1. The molecule has 24 heavy (non-hydrogen) atoms. The van der Waals surface area contributed by atoms with Crippen LogP contribution in [-0.4, -0.2) is 45.6 Å². The SMILES string of the molecule is CCOCc1cc(OCC)c(OC)cc1C(=O)OC1CCCOC1. The van der Waals surface area contributed by atoms with Crippen molar-refractivity contribution in [3.63, 3.8) is 0 Å². The van der Waals surface area contributed by atoms with Crippen LogP contribution in [0.3, 0.4) is 0 Å². The molecule has 0 aliphatic carbocycles. The molecule has 134 valence electrons. The zero-order chi connectivity index (χ0) is 17.4. The predicted molar refractivity (Wildman–Crippen MR) is 88.7 cm³/mol. The predicted octanol–water partition coefficient (Wildman–Crippen LogP) is 2.97. The maximum atomic E-state index is 12.6. The number of rotatable bonds is 8. The van der Waals surface area contributed by atoms with Crippen molar-refractivity contribution in [1.82, 2.24) is 0 Å². The number of hydrogen-bond acceptors (Lipinski definition) is 6. The Bertz CT molecular complexity index is 537. The van der Waals surface area contributed by atoms with Gasteiger partial charge in [0.05, 0.1) is 32.5 Å². The minimum absolute atomic E-state index is 0.205. The maximum Gasteiger partial charge on any atom is 0.338 e. The first-order chi connectivity index (χ1) is 11.7. The Hall–Kier alpha value is -1.79. The van der Waals surface area contributed by atoms with E-state index in [4.69, 9.17) is 23.7 Å². The number of methoxy groups -OCH3 is 1. The van der Waals surface area contributed by atoms with E-state index in [-0.39, 0.29) is 12.1 Å². The molecule has 0 spiro atoms. The smallest absolute Gasteiger partial charge is 0.338 e. The van der Waals surface area contributed by atoms with Crippen LogP contribution in [0.15, 0.2) is 12.1 Å². The first-order valence-corrected chi connectivity index (χ1v) is 8.39. The summed E-state index contributed by atoms with van der Waals surface area (Å²) in [6, 6.07) is 3.44. The monoisotopic (exact) mass is 338 g/mol. The Balaban J connectivity index is 2.24. The van der Waals surface area contributed by atoms with Gasteiger partial charge < -0.3 is 23.7 Å². The number of benzene rings is 1. The van der Waals surface area contributed by atoms with Gasteiger partial charge in [-0.25, -0.2) is 4.79 Å². The molecule has 6 nitrogen and oxygen atoms in total. The Morgan fingerprint density at radius 2 is 2.08 bits per heavy atom. The van der Waals surface area contributed by atoms with Crippen LogP contribution in [0.4, 0.5) is 0 Å². The third-order valence-electron chi connectivity index (χ3n) is 3.76. The van der Waals surface area contributed by atoms with Gasteiger partial charge in [-0.05, 0) is 44.4 Å². The summed E-state index contributed by atoms with van der Waals surface area (Å²) in [5.74, 6) is 0.706. The third kappa shape index (κ3) is 4.85. The summed E-state index contributed by atoms with van der Waals surface area (Å²) >= 11 is 0. The fourth-order valence-electron chi connectivity index (χ4n) is 2.57. The zero-order valence-corrected chi connectivity index (χ0v) is 14.6. The van der Waals surface area contributed by atoms with E-state index in [1.54, 1.807) is 19.2 Å². The summed E-state index contributed by atoms with van der Waals surface area (Å²) in [7, 11) is 1.55. The molecule has 1 saturated heterocycles. The largest absolute Gasteiger partial charge is 0.493 e. The van der Waals surface area contributed by atoms with E-state index < -0.39 is 0 Å².